The summed E-state index contributed by atoms with van der Waals surface area (Å²) in [6, 6.07) is 4.69. The molecule has 0 aliphatic heterocycles. The third-order valence-corrected chi connectivity index (χ3v) is 3.94. The van der Waals surface area contributed by atoms with Gasteiger partial charge in [-0.15, -0.1) is 0 Å². The molecule has 1 aliphatic rings. The average molecular weight is 315 g/mol. The van der Waals surface area contributed by atoms with Crippen molar-refractivity contribution in [2.24, 2.45) is 11.7 Å². The highest BCUT2D eigenvalue weighted by Crippen LogP contribution is 2.25. The monoisotopic (exact) mass is 314 g/mol. The minimum atomic E-state index is -0.336. The summed E-state index contributed by atoms with van der Waals surface area (Å²) in [6.45, 7) is 0. The fourth-order valence-corrected chi connectivity index (χ4v) is 2.58. The van der Waals surface area contributed by atoms with E-state index in [2.05, 4.69) is 21.2 Å². The number of amides is 1. The summed E-state index contributed by atoms with van der Waals surface area (Å²) in [5, 5.41) is 2.82. The highest BCUT2D eigenvalue weighted by Gasteiger charge is 2.24. The molecule has 1 aromatic carbocycles. The van der Waals surface area contributed by atoms with Gasteiger partial charge in [-0.2, -0.15) is 0 Å². The zero-order valence-corrected chi connectivity index (χ0v) is 11.5. The maximum absolute atomic E-state index is 13.1. The SMILES string of the molecule is NC1CCC(C(=O)Nc2ccc(F)c(Br)c2)CC1. The zero-order chi connectivity index (χ0) is 13.1. The molecule has 3 N–H and O–H groups in total. The molecule has 2 rings (SSSR count). The molecule has 98 valence electrons. The second-order valence-corrected chi connectivity index (χ2v) is 5.58. The first kappa shape index (κ1) is 13.5. The molecule has 0 bridgehead atoms. The van der Waals surface area contributed by atoms with E-state index in [1.807, 2.05) is 0 Å². The van der Waals surface area contributed by atoms with E-state index >= 15 is 0 Å². The van der Waals surface area contributed by atoms with Crippen molar-refractivity contribution in [1.29, 1.82) is 0 Å². The number of hydrogen-bond acceptors (Lipinski definition) is 2. The maximum atomic E-state index is 13.1. The Hall–Kier alpha value is -0.940. The second kappa shape index (κ2) is 5.80. The summed E-state index contributed by atoms with van der Waals surface area (Å²) in [7, 11) is 0. The molecular formula is C13H16BrFN2O. The number of hydrogen-bond donors (Lipinski definition) is 2. The van der Waals surface area contributed by atoms with Gasteiger partial charge in [0.25, 0.3) is 0 Å². The molecule has 18 heavy (non-hydrogen) atoms. The van der Waals surface area contributed by atoms with Crippen molar-refractivity contribution in [3.05, 3.63) is 28.5 Å². The molecule has 0 heterocycles. The van der Waals surface area contributed by atoms with Crippen LogP contribution in [0.15, 0.2) is 22.7 Å². The normalized spacial score (nSPS) is 23.7. The summed E-state index contributed by atoms with van der Waals surface area (Å²) in [5.41, 5.74) is 6.42. The van der Waals surface area contributed by atoms with Crippen LogP contribution in [0.4, 0.5) is 10.1 Å². The van der Waals surface area contributed by atoms with E-state index in [0.717, 1.165) is 25.7 Å². The highest BCUT2D eigenvalue weighted by molar-refractivity contribution is 9.10. The predicted molar refractivity (Wildman–Crippen MR) is 72.7 cm³/mol. The quantitative estimate of drug-likeness (QED) is 0.881. The molecule has 0 saturated heterocycles. The zero-order valence-electron chi connectivity index (χ0n) is 9.96. The maximum Gasteiger partial charge on any atom is 0.227 e. The van der Waals surface area contributed by atoms with Crippen LogP contribution in [0.5, 0.6) is 0 Å². The van der Waals surface area contributed by atoms with Crippen molar-refractivity contribution in [2.45, 2.75) is 31.7 Å². The van der Waals surface area contributed by atoms with Gasteiger partial charge in [0.15, 0.2) is 0 Å². The summed E-state index contributed by atoms with van der Waals surface area (Å²) in [6.07, 6.45) is 3.45. The van der Waals surface area contributed by atoms with Crippen molar-refractivity contribution >= 4 is 27.5 Å². The average Bonchev–Trinajstić information content (AvgIpc) is 2.34. The van der Waals surface area contributed by atoms with Crippen LogP contribution in [-0.4, -0.2) is 11.9 Å². The van der Waals surface area contributed by atoms with E-state index in [4.69, 9.17) is 5.73 Å². The molecule has 1 aromatic rings. The number of nitrogens with two attached hydrogens (primary N) is 1. The first-order valence-corrected chi connectivity index (χ1v) is 6.87. The molecule has 1 aliphatic carbocycles. The van der Waals surface area contributed by atoms with Crippen LogP contribution in [0.2, 0.25) is 0 Å². The van der Waals surface area contributed by atoms with Gasteiger partial charge in [0.05, 0.1) is 4.47 Å². The number of carbonyl (C=O) groups excluding carboxylic acids is 1. The molecule has 3 nitrogen and oxygen atoms in total. The van der Waals surface area contributed by atoms with Gasteiger partial charge in [0.2, 0.25) is 5.91 Å². The lowest BCUT2D eigenvalue weighted by Gasteiger charge is -2.25. The third kappa shape index (κ3) is 3.29. The summed E-state index contributed by atoms with van der Waals surface area (Å²) >= 11 is 3.10. The van der Waals surface area contributed by atoms with E-state index in [1.165, 1.54) is 6.07 Å². The summed E-state index contributed by atoms with van der Waals surface area (Å²) in [4.78, 5) is 12.0. The molecule has 5 heteroatoms. The van der Waals surface area contributed by atoms with Gasteiger partial charge in [-0.3, -0.25) is 4.79 Å². The number of rotatable bonds is 2. The van der Waals surface area contributed by atoms with E-state index in [9.17, 15) is 9.18 Å². The molecule has 0 unspecified atom stereocenters. The van der Waals surface area contributed by atoms with Crippen LogP contribution in [0.25, 0.3) is 0 Å². The smallest absolute Gasteiger partial charge is 0.227 e. The minimum Gasteiger partial charge on any atom is -0.328 e. The largest absolute Gasteiger partial charge is 0.328 e. The Kier molecular flexibility index (Phi) is 4.35. The van der Waals surface area contributed by atoms with Gasteiger partial charge < -0.3 is 11.1 Å². The van der Waals surface area contributed by atoms with Crippen molar-refractivity contribution in [2.75, 3.05) is 5.32 Å². The molecule has 1 saturated carbocycles. The van der Waals surface area contributed by atoms with E-state index in [-0.39, 0.29) is 23.7 Å². The molecule has 1 amide bonds. The number of nitrogens with one attached hydrogen (secondary N) is 1. The Morgan fingerprint density at radius 3 is 2.61 bits per heavy atom. The van der Waals surface area contributed by atoms with Crippen LogP contribution < -0.4 is 11.1 Å². The van der Waals surface area contributed by atoms with Gasteiger partial charge >= 0.3 is 0 Å². The van der Waals surface area contributed by atoms with Crippen LogP contribution in [0.1, 0.15) is 25.7 Å². The van der Waals surface area contributed by atoms with E-state index < -0.39 is 0 Å². The lowest BCUT2D eigenvalue weighted by molar-refractivity contribution is -0.120. The van der Waals surface area contributed by atoms with Gasteiger partial charge in [0.1, 0.15) is 5.82 Å². The molecule has 0 atom stereocenters. The number of anilines is 1. The van der Waals surface area contributed by atoms with Crippen LogP contribution in [0.3, 0.4) is 0 Å². The Morgan fingerprint density at radius 1 is 1.33 bits per heavy atom. The molecule has 0 aromatic heterocycles. The fraction of sp³-hybridized carbons (Fsp3) is 0.462. The number of halogens is 2. The molecule has 1 fully saturated rings. The summed E-state index contributed by atoms with van der Waals surface area (Å²) < 4.78 is 13.4. The summed E-state index contributed by atoms with van der Waals surface area (Å²) in [5.74, 6) is -0.314. The van der Waals surface area contributed by atoms with Crippen molar-refractivity contribution in [3.63, 3.8) is 0 Å². The Morgan fingerprint density at radius 2 is 2.00 bits per heavy atom. The van der Waals surface area contributed by atoms with Gasteiger partial charge in [-0.05, 0) is 59.8 Å². The molecule has 0 radical (unpaired) electrons. The van der Waals surface area contributed by atoms with Crippen LogP contribution in [0, 0.1) is 11.7 Å². The Bertz CT molecular complexity index is 445. The third-order valence-electron chi connectivity index (χ3n) is 3.33. The highest BCUT2D eigenvalue weighted by atomic mass is 79.9. The Balaban J connectivity index is 1.96. The standard InChI is InChI=1S/C13H16BrFN2O/c14-11-7-10(5-6-12(11)15)17-13(18)8-1-3-9(16)4-2-8/h5-9H,1-4,16H2,(H,17,18). The van der Waals surface area contributed by atoms with Crippen molar-refractivity contribution < 1.29 is 9.18 Å². The number of carbonyl (C=O) groups is 1. The lowest BCUT2D eigenvalue weighted by Crippen LogP contribution is -2.32. The van der Waals surface area contributed by atoms with Crippen molar-refractivity contribution in [3.8, 4) is 0 Å². The van der Waals surface area contributed by atoms with Gasteiger partial charge in [0, 0.05) is 17.6 Å². The van der Waals surface area contributed by atoms with Crippen molar-refractivity contribution in [1.82, 2.24) is 0 Å². The topological polar surface area (TPSA) is 55.1 Å². The van der Waals surface area contributed by atoms with Gasteiger partial charge in [-0.1, -0.05) is 0 Å². The minimum absolute atomic E-state index is 0.000378. The van der Waals surface area contributed by atoms with Gasteiger partial charge in [-0.25, -0.2) is 4.39 Å². The first-order chi connectivity index (χ1) is 8.56. The van der Waals surface area contributed by atoms with Crippen LogP contribution >= 0.6 is 15.9 Å². The van der Waals surface area contributed by atoms with E-state index in [0.29, 0.717) is 10.2 Å². The predicted octanol–water partition coefficient (Wildman–Crippen LogP) is 3.04. The molecule has 0 spiro atoms. The second-order valence-electron chi connectivity index (χ2n) is 4.73. The Labute approximate surface area is 114 Å². The van der Waals surface area contributed by atoms with E-state index in [1.54, 1.807) is 12.1 Å². The fourth-order valence-electron chi connectivity index (χ4n) is 2.20. The molecular weight excluding hydrogens is 299 g/mol. The first-order valence-electron chi connectivity index (χ1n) is 6.08. The lowest BCUT2D eigenvalue weighted by atomic mass is 9.86. The number of benzene rings is 1. The van der Waals surface area contributed by atoms with Crippen LogP contribution in [-0.2, 0) is 4.79 Å².